The number of benzene rings is 3. The molecule has 0 aliphatic heterocycles. The van der Waals surface area contributed by atoms with Crippen molar-refractivity contribution in [2.75, 3.05) is 11.4 Å². The molecule has 5 nitrogen and oxygen atoms in total. The molecule has 3 aromatic carbocycles. The fourth-order valence-corrected chi connectivity index (χ4v) is 5.50. The highest BCUT2D eigenvalue weighted by molar-refractivity contribution is 9.10. The van der Waals surface area contributed by atoms with E-state index in [1.54, 1.807) is 55.6 Å². The monoisotopic (exact) mass is 484 g/mol. The minimum atomic E-state index is -3.89. The van der Waals surface area contributed by atoms with Crippen molar-refractivity contribution in [2.24, 2.45) is 7.05 Å². The Morgan fingerprint density at radius 2 is 1.57 bits per heavy atom. The molecule has 0 fully saturated rings. The fraction of sp³-hybridized carbons (Fsp3) is 0.130. The molecule has 1 heterocycles. The molecule has 0 saturated carbocycles. The summed E-state index contributed by atoms with van der Waals surface area (Å²) in [4.78, 5) is 0.214. The van der Waals surface area contributed by atoms with Crippen LogP contribution in [0.5, 0.6) is 5.75 Å². The van der Waals surface area contributed by atoms with Gasteiger partial charge < -0.3 is 9.30 Å². The number of aromatic nitrogens is 1. The van der Waals surface area contributed by atoms with Gasteiger partial charge in [-0.2, -0.15) is 0 Å². The number of ether oxygens (including phenoxy) is 1. The van der Waals surface area contributed by atoms with Crippen LogP contribution >= 0.6 is 15.9 Å². The van der Waals surface area contributed by atoms with Crippen molar-refractivity contribution in [1.82, 2.24) is 4.57 Å². The summed E-state index contributed by atoms with van der Waals surface area (Å²) in [5, 5.41) is 1.01. The minimum absolute atomic E-state index is 0.214. The third-order valence-corrected chi connectivity index (χ3v) is 7.43. The van der Waals surface area contributed by atoms with Gasteiger partial charge >= 0.3 is 0 Å². The Bertz CT molecular complexity index is 1270. The van der Waals surface area contributed by atoms with Crippen LogP contribution in [0.4, 0.5) is 11.5 Å². The Morgan fingerprint density at radius 1 is 0.933 bits per heavy atom. The second-order valence-corrected chi connectivity index (χ2v) is 9.65. The molecule has 1 aromatic heterocycles. The molecular weight excluding hydrogens is 464 g/mol. The Hall–Kier alpha value is -2.77. The first-order valence-electron chi connectivity index (χ1n) is 9.33. The molecule has 0 aliphatic rings. The number of sulfonamides is 1. The first kappa shape index (κ1) is 20.5. The lowest BCUT2D eigenvalue weighted by Crippen LogP contribution is -2.28. The molecule has 0 N–H and O–H groups in total. The molecule has 30 heavy (non-hydrogen) atoms. The molecule has 0 atom stereocenters. The van der Waals surface area contributed by atoms with E-state index >= 15 is 0 Å². The van der Waals surface area contributed by atoms with E-state index in [4.69, 9.17) is 4.74 Å². The zero-order valence-corrected chi connectivity index (χ0v) is 19.2. The van der Waals surface area contributed by atoms with Crippen LogP contribution in [0.1, 0.15) is 5.56 Å². The lowest BCUT2D eigenvalue weighted by Gasteiger charge is -2.26. The second-order valence-electron chi connectivity index (χ2n) is 6.95. The summed E-state index contributed by atoms with van der Waals surface area (Å²) in [6, 6.07) is 21.6. The SMILES string of the molecule is COc1ccc(N(c2c(C)c3ccccc3n2C)S(=O)(=O)c2ccc(Br)cc2)cc1. The number of methoxy groups -OCH3 is 1. The molecule has 0 aliphatic carbocycles. The maximum atomic E-state index is 13.8. The minimum Gasteiger partial charge on any atom is -0.497 e. The van der Waals surface area contributed by atoms with Crippen molar-refractivity contribution < 1.29 is 13.2 Å². The number of para-hydroxylation sites is 1. The van der Waals surface area contributed by atoms with Crippen LogP contribution in [0.25, 0.3) is 10.9 Å². The van der Waals surface area contributed by atoms with E-state index in [-0.39, 0.29) is 4.90 Å². The first-order chi connectivity index (χ1) is 14.3. The van der Waals surface area contributed by atoms with E-state index < -0.39 is 10.0 Å². The van der Waals surface area contributed by atoms with Crippen molar-refractivity contribution in [1.29, 1.82) is 0 Å². The summed E-state index contributed by atoms with van der Waals surface area (Å²) in [6.45, 7) is 1.95. The maximum absolute atomic E-state index is 13.8. The van der Waals surface area contributed by atoms with Gasteiger partial charge in [0.2, 0.25) is 0 Å². The smallest absolute Gasteiger partial charge is 0.269 e. The Kier molecular flexibility index (Phi) is 5.34. The normalized spacial score (nSPS) is 11.6. The van der Waals surface area contributed by atoms with Crippen LogP contribution in [-0.4, -0.2) is 20.1 Å². The van der Waals surface area contributed by atoms with E-state index in [2.05, 4.69) is 15.9 Å². The predicted molar refractivity (Wildman–Crippen MR) is 124 cm³/mol. The van der Waals surface area contributed by atoms with Crippen LogP contribution in [0.2, 0.25) is 0 Å². The number of fused-ring (bicyclic) bond motifs is 1. The van der Waals surface area contributed by atoms with Gasteiger partial charge in [0.25, 0.3) is 10.0 Å². The molecule has 4 rings (SSSR count). The van der Waals surface area contributed by atoms with Crippen molar-refractivity contribution in [3.05, 3.63) is 82.8 Å². The summed E-state index contributed by atoms with van der Waals surface area (Å²) >= 11 is 3.38. The summed E-state index contributed by atoms with van der Waals surface area (Å²) in [7, 11) is -0.415. The van der Waals surface area contributed by atoms with E-state index in [0.29, 0.717) is 17.3 Å². The van der Waals surface area contributed by atoms with E-state index in [0.717, 1.165) is 20.9 Å². The average molecular weight is 485 g/mol. The molecule has 0 amide bonds. The van der Waals surface area contributed by atoms with E-state index in [1.165, 1.54) is 4.31 Å². The third kappa shape index (κ3) is 3.38. The van der Waals surface area contributed by atoms with Crippen LogP contribution < -0.4 is 9.04 Å². The standard InChI is InChI=1S/C23H21BrN2O3S/c1-16-21-6-4-5-7-22(21)25(2)23(16)26(18-10-12-19(29-3)13-11-18)30(27,28)20-14-8-17(24)9-15-20/h4-15H,1-3H3. The summed E-state index contributed by atoms with van der Waals surface area (Å²) < 4.78 is 37.1. The van der Waals surface area contributed by atoms with Crippen molar-refractivity contribution in [3.63, 3.8) is 0 Å². The van der Waals surface area contributed by atoms with Crippen molar-refractivity contribution in [3.8, 4) is 5.75 Å². The molecule has 0 spiro atoms. The topological polar surface area (TPSA) is 51.5 Å². The number of hydrogen-bond donors (Lipinski definition) is 0. The number of anilines is 2. The van der Waals surface area contributed by atoms with Crippen molar-refractivity contribution >= 4 is 48.4 Å². The van der Waals surface area contributed by atoms with Crippen LogP contribution in [0.15, 0.2) is 82.2 Å². The maximum Gasteiger partial charge on any atom is 0.269 e. The summed E-state index contributed by atoms with van der Waals surface area (Å²) in [5.74, 6) is 1.26. The first-order valence-corrected chi connectivity index (χ1v) is 11.6. The van der Waals surface area contributed by atoms with Gasteiger partial charge in [-0.15, -0.1) is 0 Å². The highest BCUT2D eigenvalue weighted by atomic mass is 79.9. The van der Waals surface area contributed by atoms with Crippen LogP contribution in [0.3, 0.4) is 0 Å². The van der Waals surface area contributed by atoms with E-state index in [9.17, 15) is 8.42 Å². The summed E-state index contributed by atoms with van der Waals surface area (Å²) in [5.41, 5.74) is 2.40. The zero-order chi connectivity index (χ0) is 21.5. The fourth-order valence-electron chi connectivity index (χ4n) is 3.66. The van der Waals surface area contributed by atoms with Gasteiger partial charge in [0.15, 0.2) is 0 Å². The molecule has 4 aromatic rings. The molecule has 0 bridgehead atoms. The Labute approximate surface area is 184 Å². The van der Waals surface area contributed by atoms with Gasteiger partial charge in [0.1, 0.15) is 11.6 Å². The highest BCUT2D eigenvalue weighted by Crippen LogP contribution is 2.39. The number of aryl methyl sites for hydroxylation is 2. The largest absolute Gasteiger partial charge is 0.497 e. The van der Waals surface area contributed by atoms with Crippen LogP contribution in [-0.2, 0) is 17.1 Å². The predicted octanol–water partition coefficient (Wildman–Crippen LogP) is 5.78. The molecule has 154 valence electrons. The van der Waals surface area contributed by atoms with Gasteiger partial charge in [-0.3, -0.25) is 0 Å². The number of halogens is 1. The number of hydrogen-bond acceptors (Lipinski definition) is 3. The second kappa shape index (κ2) is 7.81. The van der Waals surface area contributed by atoms with Gasteiger partial charge in [0, 0.05) is 28.0 Å². The quantitative estimate of drug-likeness (QED) is 0.360. The third-order valence-electron chi connectivity index (χ3n) is 5.17. The molecule has 7 heteroatoms. The molecule has 0 unspecified atom stereocenters. The van der Waals surface area contributed by atoms with E-state index in [1.807, 2.05) is 42.8 Å². The lowest BCUT2D eigenvalue weighted by molar-refractivity contribution is 0.415. The van der Waals surface area contributed by atoms with Crippen molar-refractivity contribution in [2.45, 2.75) is 11.8 Å². The van der Waals surface area contributed by atoms with Gasteiger partial charge in [0.05, 0.1) is 17.7 Å². The molecule has 0 radical (unpaired) electrons. The lowest BCUT2D eigenvalue weighted by atomic mass is 10.2. The number of rotatable bonds is 5. The van der Waals surface area contributed by atoms with Gasteiger partial charge in [-0.1, -0.05) is 34.1 Å². The highest BCUT2D eigenvalue weighted by Gasteiger charge is 2.31. The average Bonchev–Trinajstić information content (AvgIpc) is 3.00. The zero-order valence-electron chi connectivity index (χ0n) is 16.8. The van der Waals surface area contributed by atoms with Gasteiger partial charge in [-0.25, -0.2) is 12.7 Å². The molecular formula is C23H21BrN2O3S. The molecule has 0 saturated heterocycles. The van der Waals surface area contributed by atoms with Crippen LogP contribution in [0, 0.1) is 6.92 Å². The van der Waals surface area contributed by atoms with Gasteiger partial charge in [-0.05, 0) is 61.5 Å². The Balaban J connectivity index is 2.01. The Morgan fingerprint density at radius 3 is 2.17 bits per heavy atom. The number of nitrogens with zero attached hydrogens (tertiary/aromatic N) is 2. The summed E-state index contributed by atoms with van der Waals surface area (Å²) in [6.07, 6.45) is 0.